The lowest BCUT2D eigenvalue weighted by atomic mass is 9.80. The first kappa shape index (κ1) is 12.9. The van der Waals surface area contributed by atoms with E-state index in [0.29, 0.717) is 6.20 Å². The van der Waals surface area contributed by atoms with Gasteiger partial charge in [0.2, 0.25) is 0 Å². The first-order valence-electron chi connectivity index (χ1n) is 3.93. The molecule has 2 N–H and O–H groups in total. The van der Waals surface area contributed by atoms with Crippen LogP contribution in [0.15, 0.2) is 18.3 Å². The molecule has 0 bridgehead atoms. The molecule has 0 saturated carbocycles. The smallest absolute Gasteiger partial charge is 0.423 e. The van der Waals surface area contributed by atoms with Crippen molar-refractivity contribution >= 4 is 12.6 Å². The largest absolute Gasteiger partial charge is 0.488 e. The Morgan fingerprint density at radius 3 is 2.12 bits per heavy atom. The van der Waals surface area contributed by atoms with E-state index in [9.17, 15) is 22.0 Å². The molecule has 88 valence electrons. The zero-order valence-corrected chi connectivity index (χ0v) is 7.54. The lowest BCUT2D eigenvalue weighted by molar-refractivity contribution is -0.290. The van der Waals surface area contributed by atoms with Crippen LogP contribution in [-0.4, -0.2) is 28.3 Å². The molecule has 0 fully saturated rings. The number of aromatic nitrogens is 1. The fourth-order valence-electron chi connectivity index (χ4n) is 0.924. The van der Waals surface area contributed by atoms with Crippen LogP contribution in [0.5, 0.6) is 0 Å². The van der Waals surface area contributed by atoms with Gasteiger partial charge in [0.05, 0.1) is 0 Å². The number of pyridine rings is 1. The minimum Gasteiger partial charge on any atom is -0.423 e. The van der Waals surface area contributed by atoms with Crippen LogP contribution in [0, 0.1) is 0 Å². The summed E-state index contributed by atoms with van der Waals surface area (Å²) in [5.41, 5.74) is -2.07. The first-order chi connectivity index (χ1) is 7.16. The molecule has 0 aliphatic carbocycles. The maximum absolute atomic E-state index is 12.8. The summed E-state index contributed by atoms with van der Waals surface area (Å²) in [5, 5.41) is 17.2. The number of alkyl halides is 5. The third-order valence-corrected chi connectivity index (χ3v) is 1.76. The molecule has 0 spiro atoms. The van der Waals surface area contributed by atoms with Gasteiger partial charge in [0.1, 0.15) is 5.69 Å². The van der Waals surface area contributed by atoms with Crippen LogP contribution in [0.25, 0.3) is 0 Å². The fraction of sp³-hybridized carbons (Fsp3) is 0.286. The third-order valence-electron chi connectivity index (χ3n) is 1.76. The highest BCUT2D eigenvalue weighted by molar-refractivity contribution is 6.58. The van der Waals surface area contributed by atoms with Gasteiger partial charge in [0.25, 0.3) is 0 Å². The van der Waals surface area contributed by atoms with Gasteiger partial charge in [0, 0.05) is 6.20 Å². The maximum Gasteiger partial charge on any atom is 0.488 e. The monoisotopic (exact) mass is 241 g/mol. The molecule has 1 rings (SSSR count). The maximum atomic E-state index is 12.8. The number of nitrogens with zero attached hydrogens (tertiary/aromatic N) is 1. The van der Waals surface area contributed by atoms with Crippen molar-refractivity contribution in [3.05, 3.63) is 24.0 Å². The fourth-order valence-corrected chi connectivity index (χ4v) is 0.924. The molecule has 1 aromatic heterocycles. The molecule has 3 nitrogen and oxygen atoms in total. The van der Waals surface area contributed by atoms with Gasteiger partial charge in [-0.3, -0.25) is 4.98 Å². The molecule has 9 heteroatoms. The molecule has 0 unspecified atom stereocenters. The highest BCUT2D eigenvalue weighted by Gasteiger charge is 2.59. The van der Waals surface area contributed by atoms with Crippen molar-refractivity contribution in [1.29, 1.82) is 0 Å². The van der Waals surface area contributed by atoms with Crippen molar-refractivity contribution in [2.75, 3.05) is 0 Å². The minimum absolute atomic E-state index is 0.290. The third kappa shape index (κ3) is 2.30. The van der Waals surface area contributed by atoms with E-state index in [2.05, 4.69) is 4.98 Å². The Morgan fingerprint density at radius 1 is 1.12 bits per heavy atom. The summed E-state index contributed by atoms with van der Waals surface area (Å²) in [6.07, 6.45) is -5.14. The summed E-state index contributed by atoms with van der Waals surface area (Å²) in [4.78, 5) is 2.87. The molecule has 0 saturated heterocycles. The molecule has 0 amide bonds. The molecule has 0 radical (unpaired) electrons. The van der Waals surface area contributed by atoms with Gasteiger partial charge in [-0.2, -0.15) is 22.0 Å². The predicted octanol–water partition coefficient (Wildman–Crippen LogP) is 0.415. The molecule has 1 heterocycles. The second kappa shape index (κ2) is 3.98. The lowest BCUT2D eigenvalue weighted by Crippen LogP contribution is -2.37. The number of rotatable bonds is 2. The number of halogens is 5. The zero-order valence-electron chi connectivity index (χ0n) is 7.54. The van der Waals surface area contributed by atoms with E-state index >= 15 is 0 Å². The van der Waals surface area contributed by atoms with E-state index in [4.69, 9.17) is 10.0 Å². The van der Waals surface area contributed by atoms with E-state index in [-0.39, 0.29) is 6.07 Å². The number of hydrogen-bond donors (Lipinski definition) is 2. The zero-order chi connectivity index (χ0) is 12.6. The predicted molar refractivity (Wildman–Crippen MR) is 44.0 cm³/mol. The molecule has 0 atom stereocenters. The van der Waals surface area contributed by atoms with Gasteiger partial charge in [0.15, 0.2) is 0 Å². The normalized spacial score (nSPS) is 12.7. The summed E-state index contributed by atoms with van der Waals surface area (Å²) in [7, 11) is -2.13. The van der Waals surface area contributed by atoms with Crippen molar-refractivity contribution in [3.8, 4) is 0 Å². The quantitative estimate of drug-likeness (QED) is 0.582. The summed E-state index contributed by atoms with van der Waals surface area (Å²) < 4.78 is 61.3. The van der Waals surface area contributed by atoms with Crippen molar-refractivity contribution in [3.63, 3.8) is 0 Å². The molecule has 0 aliphatic heterocycles. The Morgan fingerprint density at radius 2 is 1.69 bits per heavy atom. The first-order valence-corrected chi connectivity index (χ1v) is 3.93. The average Bonchev–Trinajstić information content (AvgIpc) is 2.16. The van der Waals surface area contributed by atoms with Crippen molar-refractivity contribution in [1.82, 2.24) is 4.98 Å². The highest BCUT2D eigenvalue weighted by atomic mass is 19.4. The van der Waals surface area contributed by atoms with Crippen molar-refractivity contribution in [2.45, 2.75) is 12.1 Å². The van der Waals surface area contributed by atoms with Gasteiger partial charge in [-0.05, 0) is 17.6 Å². The van der Waals surface area contributed by atoms with E-state index in [0.717, 1.165) is 6.07 Å². The molecule has 0 aromatic carbocycles. The van der Waals surface area contributed by atoms with Crippen molar-refractivity contribution < 1.29 is 32.0 Å². The van der Waals surface area contributed by atoms with Crippen LogP contribution in [0.3, 0.4) is 0 Å². The van der Waals surface area contributed by atoms with Crippen LogP contribution in [0.1, 0.15) is 5.69 Å². The SMILES string of the molecule is OB(O)c1ccnc(C(F)(F)C(F)(F)F)c1. The highest BCUT2D eigenvalue weighted by Crippen LogP contribution is 2.42. The lowest BCUT2D eigenvalue weighted by Gasteiger charge is -2.19. The summed E-state index contributed by atoms with van der Waals surface area (Å²) in [5.74, 6) is -5.13. The Kier molecular flexibility index (Phi) is 3.20. The van der Waals surface area contributed by atoms with E-state index in [1.807, 2.05) is 0 Å². The summed E-state index contributed by atoms with van der Waals surface area (Å²) in [6.45, 7) is 0. The molecule has 1 aromatic rings. The second-order valence-corrected chi connectivity index (χ2v) is 2.92. The van der Waals surface area contributed by atoms with E-state index in [1.165, 1.54) is 0 Å². The van der Waals surface area contributed by atoms with Crippen LogP contribution < -0.4 is 5.46 Å². The number of hydrogen-bond acceptors (Lipinski definition) is 3. The average molecular weight is 241 g/mol. The topological polar surface area (TPSA) is 53.4 Å². The van der Waals surface area contributed by atoms with Crippen LogP contribution in [0.4, 0.5) is 22.0 Å². The van der Waals surface area contributed by atoms with E-state index in [1.54, 1.807) is 0 Å². The second-order valence-electron chi connectivity index (χ2n) is 2.92. The standard InChI is InChI=1S/C7H5BF5NO2/c9-6(10,7(11,12)13)5-3-4(8(15)16)1-2-14-5/h1-3,15-16H. The Balaban J connectivity index is 3.19. The Hall–Kier alpha value is -1.22. The van der Waals surface area contributed by atoms with Crippen molar-refractivity contribution in [2.24, 2.45) is 0 Å². The van der Waals surface area contributed by atoms with Crippen LogP contribution in [-0.2, 0) is 5.92 Å². The Labute approximate surface area is 86.7 Å². The Bertz CT molecular complexity index is 381. The molecular weight excluding hydrogens is 236 g/mol. The molecule has 16 heavy (non-hydrogen) atoms. The minimum atomic E-state index is -5.78. The van der Waals surface area contributed by atoms with E-state index < -0.39 is 30.4 Å². The van der Waals surface area contributed by atoms with Gasteiger partial charge in [-0.25, -0.2) is 0 Å². The summed E-state index contributed by atoms with van der Waals surface area (Å²) in [6, 6.07) is 1.21. The van der Waals surface area contributed by atoms with Gasteiger partial charge in [-0.15, -0.1) is 0 Å². The van der Waals surface area contributed by atoms with Gasteiger partial charge in [-0.1, -0.05) is 0 Å². The van der Waals surface area contributed by atoms with Crippen LogP contribution >= 0.6 is 0 Å². The molecular formula is C7H5BF5NO2. The van der Waals surface area contributed by atoms with Crippen LogP contribution in [0.2, 0.25) is 0 Å². The van der Waals surface area contributed by atoms with Gasteiger partial charge >= 0.3 is 19.2 Å². The molecule has 0 aliphatic rings. The summed E-state index contributed by atoms with van der Waals surface area (Å²) >= 11 is 0. The van der Waals surface area contributed by atoms with Gasteiger partial charge < -0.3 is 10.0 Å².